The summed E-state index contributed by atoms with van der Waals surface area (Å²) >= 11 is 1.60. The van der Waals surface area contributed by atoms with Gasteiger partial charge in [-0.25, -0.2) is 0 Å². The molecule has 90 valence electrons. The molecule has 0 spiro atoms. The van der Waals surface area contributed by atoms with E-state index in [0.717, 1.165) is 29.8 Å². The minimum absolute atomic E-state index is 0.0130. The van der Waals surface area contributed by atoms with E-state index in [-0.39, 0.29) is 11.8 Å². The first-order valence-electron chi connectivity index (χ1n) is 6.05. The molecule has 0 saturated carbocycles. The van der Waals surface area contributed by atoms with E-state index in [1.54, 1.807) is 16.2 Å². The Morgan fingerprint density at radius 2 is 2.28 bits per heavy atom. The Bertz CT molecular complexity index is 603. The zero-order valence-electron chi connectivity index (χ0n) is 9.90. The molecule has 1 aliphatic heterocycles. The molecule has 3 nitrogen and oxygen atoms in total. The smallest absolute Gasteiger partial charge is 0.228 e. The molecule has 1 fully saturated rings. The van der Waals surface area contributed by atoms with Crippen molar-refractivity contribution in [2.75, 3.05) is 11.4 Å². The number of terminal acetylenes is 1. The molecule has 1 saturated heterocycles. The third-order valence-corrected chi connectivity index (χ3v) is 4.94. The van der Waals surface area contributed by atoms with Crippen LogP contribution in [0.2, 0.25) is 0 Å². The minimum atomic E-state index is -0.0130. The molecule has 1 atom stereocenters. The van der Waals surface area contributed by atoms with Crippen LogP contribution in [0.4, 0.5) is 5.00 Å². The van der Waals surface area contributed by atoms with E-state index in [4.69, 9.17) is 6.42 Å². The number of hydrogen-bond acceptors (Lipinski definition) is 3. The number of fused-ring (bicyclic) bond motifs is 1. The number of aryl methyl sites for hydroxylation is 1. The van der Waals surface area contributed by atoms with Gasteiger partial charge in [-0.05, 0) is 24.8 Å². The van der Waals surface area contributed by atoms with E-state index in [1.807, 2.05) is 0 Å². The largest absolute Gasteiger partial charge is 0.301 e. The Balaban J connectivity index is 2.02. The van der Waals surface area contributed by atoms with Crippen molar-refractivity contribution in [2.24, 2.45) is 5.92 Å². The standard InChI is InChI=1S/C14H12N2OS/c1-2-9-6-13(17)16(8-9)14-11(7-15)10-4-3-5-12(10)18-14/h1,9H,3-6,8H2. The van der Waals surface area contributed by atoms with E-state index >= 15 is 0 Å². The average molecular weight is 256 g/mol. The average Bonchev–Trinajstić information content (AvgIpc) is 3.01. The summed E-state index contributed by atoms with van der Waals surface area (Å²) in [4.78, 5) is 15.0. The van der Waals surface area contributed by atoms with Gasteiger partial charge in [-0.15, -0.1) is 23.7 Å². The molecule has 0 bridgehead atoms. The van der Waals surface area contributed by atoms with Gasteiger partial charge in [0.25, 0.3) is 0 Å². The lowest BCUT2D eigenvalue weighted by Gasteiger charge is -2.14. The number of carbonyl (C=O) groups excluding carboxylic acids is 1. The first kappa shape index (κ1) is 11.3. The highest BCUT2D eigenvalue weighted by molar-refractivity contribution is 7.16. The molecular weight excluding hydrogens is 244 g/mol. The third-order valence-electron chi connectivity index (χ3n) is 3.62. The topological polar surface area (TPSA) is 44.1 Å². The number of nitriles is 1. The van der Waals surface area contributed by atoms with Crippen LogP contribution in [-0.4, -0.2) is 12.5 Å². The van der Waals surface area contributed by atoms with Crippen molar-refractivity contribution in [1.29, 1.82) is 5.26 Å². The van der Waals surface area contributed by atoms with Gasteiger partial charge in [0.05, 0.1) is 5.56 Å². The first-order chi connectivity index (χ1) is 8.74. The lowest BCUT2D eigenvalue weighted by Crippen LogP contribution is -2.24. The first-order valence-corrected chi connectivity index (χ1v) is 6.87. The Morgan fingerprint density at radius 1 is 1.44 bits per heavy atom. The van der Waals surface area contributed by atoms with E-state index in [9.17, 15) is 10.1 Å². The van der Waals surface area contributed by atoms with E-state index < -0.39 is 0 Å². The molecule has 1 unspecified atom stereocenters. The fourth-order valence-electron chi connectivity index (χ4n) is 2.71. The highest BCUT2D eigenvalue weighted by Crippen LogP contribution is 2.42. The highest BCUT2D eigenvalue weighted by Gasteiger charge is 2.34. The Morgan fingerprint density at radius 3 is 2.94 bits per heavy atom. The van der Waals surface area contributed by atoms with Crippen LogP contribution in [-0.2, 0) is 17.6 Å². The molecule has 0 N–H and O–H groups in total. The maximum Gasteiger partial charge on any atom is 0.228 e. The van der Waals surface area contributed by atoms with E-state index in [2.05, 4.69) is 12.0 Å². The summed E-state index contributed by atoms with van der Waals surface area (Å²) in [6.45, 7) is 0.559. The van der Waals surface area contributed by atoms with Crippen LogP contribution in [0.1, 0.15) is 28.8 Å². The van der Waals surface area contributed by atoms with Gasteiger partial charge in [-0.1, -0.05) is 0 Å². The number of nitrogens with zero attached hydrogens (tertiary/aromatic N) is 2. The summed E-state index contributed by atoms with van der Waals surface area (Å²) in [6.07, 6.45) is 8.92. The van der Waals surface area contributed by atoms with Gasteiger partial charge < -0.3 is 4.90 Å². The maximum atomic E-state index is 12.0. The van der Waals surface area contributed by atoms with Crippen molar-refractivity contribution < 1.29 is 4.79 Å². The normalized spacial score (nSPS) is 21.8. The van der Waals surface area contributed by atoms with Crippen molar-refractivity contribution in [3.8, 4) is 18.4 Å². The second-order valence-corrected chi connectivity index (χ2v) is 5.80. The molecule has 1 amide bonds. The third kappa shape index (κ3) is 1.54. The molecule has 1 aliphatic carbocycles. The molecule has 2 heterocycles. The quantitative estimate of drug-likeness (QED) is 0.722. The molecule has 2 aliphatic rings. The van der Waals surface area contributed by atoms with Crippen LogP contribution in [0.25, 0.3) is 0 Å². The Labute approximate surface area is 110 Å². The van der Waals surface area contributed by atoms with Gasteiger partial charge in [0.15, 0.2) is 0 Å². The maximum absolute atomic E-state index is 12.0. The summed E-state index contributed by atoms with van der Waals surface area (Å²) in [5.41, 5.74) is 1.87. The zero-order valence-corrected chi connectivity index (χ0v) is 10.7. The molecular formula is C14H12N2OS. The number of amides is 1. The summed E-state index contributed by atoms with van der Waals surface area (Å²) in [6, 6.07) is 2.27. The second-order valence-electron chi connectivity index (χ2n) is 4.72. The molecule has 1 aromatic rings. The Hall–Kier alpha value is -1.78. The monoisotopic (exact) mass is 256 g/mol. The minimum Gasteiger partial charge on any atom is -0.301 e. The van der Waals surface area contributed by atoms with Crippen molar-refractivity contribution in [2.45, 2.75) is 25.7 Å². The summed E-state index contributed by atoms with van der Waals surface area (Å²) < 4.78 is 0. The fraction of sp³-hybridized carbons (Fsp3) is 0.429. The molecule has 4 heteroatoms. The van der Waals surface area contributed by atoms with Crippen LogP contribution in [0.15, 0.2) is 0 Å². The van der Waals surface area contributed by atoms with Crippen LogP contribution >= 0.6 is 11.3 Å². The van der Waals surface area contributed by atoms with E-state index in [0.29, 0.717) is 18.5 Å². The predicted octanol–water partition coefficient (Wildman–Crippen LogP) is 2.09. The summed E-state index contributed by atoms with van der Waals surface area (Å²) in [7, 11) is 0. The van der Waals surface area contributed by atoms with Gasteiger partial charge in [0.2, 0.25) is 5.91 Å². The summed E-state index contributed by atoms with van der Waals surface area (Å²) in [5, 5.41) is 10.1. The van der Waals surface area contributed by atoms with Gasteiger partial charge >= 0.3 is 0 Å². The summed E-state index contributed by atoms with van der Waals surface area (Å²) in [5.74, 6) is 2.68. The number of hydrogen-bond donors (Lipinski definition) is 0. The van der Waals surface area contributed by atoms with Gasteiger partial charge in [0, 0.05) is 23.8 Å². The molecule has 18 heavy (non-hydrogen) atoms. The van der Waals surface area contributed by atoms with Gasteiger partial charge in [-0.3, -0.25) is 4.79 Å². The zero-order chi connectivity index (χ0) is 12.7. The van der Waals surface area contributed by atoms with Gasteiger partial charge in [0.1, 0.15) is 11.1 Å². The van der Waals surface area contributed by atoms with Crippen molar-refractivity contribution >= 4 is 22.2 Å². The fourth-order valence-corrected chi connectivity index (χ4v) is 4.08. The van der Waals surface area contributed by atoms with Crippen LogP contribution in [0.5, 0.6) is 0 Å². The molecule has 1 aromatic heterocycles. The van der Waals surface area contributed by atoms with Crippen molar-refractivity contribution in [3.05, 3.63) is 16.0 Å². The second kappa shape index (κ2) is 4.15. The number of thiophene rings is 1. The number of rotatable bonds is 1. The predicted molar refractivity (Wildman–Crippen MR) is 70.4 cm³/mol. The SMILES string of the molecule is C#CC1CC(=O)N(c2sc3c(c2C#N)CCC3)C1. The Kier molecular flexibility index (Phi) is 2.61. The van der Waals surface area contributed by atoms with Crippen LogP contribution < -0.4 is 4.90 Å². The number of carbonyl (C=O) groups is 1. The van der Waals surface area contributed by atoms with Crippen LogP contribution in [0, 0.1) is 29.6 Å². The van der Waals surface area contributed by atoms with Crippen molar-refractivity contribution in [1.82, 2.24) is 0 Å². The molecule has 3 rings (SSSR count). The van der Waals surface area contributed by atoms with Crippen molar-refractivity contribution in [3.63, 3.8) is 0 Å². The molecule has 0 aromatic carbocycles. The van der Waals surface area contributed by atoms with E-state index in [1.165, 1.54) is 4.88 Å². The van der Waals surface area contributed by atoms with Crippen LogP contribution in [0.3, 0.4) is 0 Å². The molecule has 0 radical (unpaired) electrons. The highest BCUT2D eigenvalue weighted by atomic mass is 32.1. The number of anilines is 1. The lowest BCUT2D eigenvalue weighted by atomic mass is 10.1. The van der Waals surface area contributed by atoms with Gasteiger partial charge in [-0.2, -0.15) is 5.26 Å². The lowest BCUT2D eigenvalue weighted by molar-refractivity contribution is -0.117.